The van der Waals surface area contributed by atoms with Gasteiger partial charge in [-0.15, -0.1) is 0 Å². The molecule has 2 rings (SSSR count). The molecule has 6 heteroatoms. The summed E-state index contributed by atoms with van der Waals surface area (Å²) in [7, 11) is 0. The van der Waals surface area contributed by atoms with E-state index in [-0.39, 0.29) is 16.6 Å². The summed E-state index contributed by atoms with van der Waals surface area (Å²) >= 11 is 3.07. The minimum atomic E-state index is -0.540. The van der Waals surface area contributed by atoms with Gasteiger partial charge >= 0.3 is 5.69 Å². The molecule has 1 aromatic carbocycles. The summed E-state index contributed by atoms with van der Waals surface area (Å²) in [6.07, 6.45) is 1.26. The van der Waals surface area contributed by atoms with Crippen molar-refractivity contribution in [1.82, 2.24) is 9.24 Å². The summed E-state index contributed by atoms with van der Waals surface area (Å²) in [5, 5.41) is 0. The Balaban J connectivity index is 2.54. The number of aromatic nitrogens is 2. The van der Waals surface area contributed by atoms with Crippen LogP contribution in [-0.4, -0.2) is 9.24 Å². The normalized spacial score (nSPS) is 10.4. The first-order chi connectivity index (χ1) is 8.09. The van der Waals surface area contributed by atoms with E-state index < -0.39 is 5.69 Å². The molecule has 0 fully saturated rings. The predicted octanol–water partition coefficient (Wildman–Crippen LogP) is 0.535. The van der Waals surface area contributed by atoms with Crippen molar-refractivity contribution in [2.75, 3.05) is 5.84 Å². The van der Waals surface area contributed by atoms with E-state index >= 15 is 0 Å². The highest BCUT2D eigenvalue weighted by atomic mass is 79.9. The Morgan fingerprint density at radius 1 is 1.18 bits per heavy atom. The molecule has 0 radical (unpaired) electrons. The van der Waals surface area contributed by atoms with Crippen molar-refractivity contribution in [3.63, 3.8) is 0 Å². The maximum absolute atomic E-state index is 11.8. The molecule has 1 aromatic heterocycles. The molecule has 0 saturated carbocycles. The predicted molar refractivity (Wildman–Crippen MR) is 68.4 cm³/mol. The molecule has 5 nitrogen and oxygen atoms in total. The molecule has 88 valence electrons. The van der Waals surface area contributed by atoms with Crippen LogP contribution in [0.5, 0.6) is 0 Å². The second kappa shape index (κ2) is 4.58. The van der Waals surface area contributed by atoms with Crippen LogP contribution >= 0.6 is 15.9 Å². The molecule has 0 atom stereocenters. The Bertz CT molecular complexity index is 612. The minimum Gasteiger partial charge on any atom is -0.335 e. The molecule has 0 aliphatic rings. The summed E-state index contributed by atoms with van der Waals surface area (Å²) in [6.45, 7) is 0.204. The van der Waals surface area contributed by atoms with E-state index in [1.54, 1.807) is 0 Å². The third-order valence-corrected chi connectivity index (χ3v) is 2.88. The lowest BCUT2D eigenvalue weighted by atomic mass is 10.2. The molecule has 2 N–H and O–H groups in total. The fraction of sp³-hybridized carbons (Fsp3) is 0.0909. The molecule has 0 unspecified atom stereocenters. The van der Waals surface area contributed by atoms with Gasteiger partial charge in [-0.05, 0) is 21.5 Å². The molecule has 0 bridgehead atoms. The van der Waals surface area contributed by atoms with Gasteiger partial charge in [0.2, 0.25) is 0 Å². The van der Waals surface area contributed by atoms with Gasteiger partial charge in [-0.1, -0.05) is 30.3 Å². The van der Waals surface area contributed by atoms with Gasteiger partial charge in [0.15, 0.2) is 0 Å². The van der Waals surface area contributed by atoms with Crippen LogP contribution in [0.3, 0.4) is 0 Å². The lowest BCUT2D eigenvalue weighted by Crippen LogP contribution is -2.42. The first kappa shape index (κ1) is 11.7. The highest BCUT2D eigenvalue weighted by Crippen LogP contribution is 2.01. The van der Waals surface area contributed by atoms with E-state index in [4.69, 9.17) is 5.84 Å². The van der Waals surface area contributed by atoms with Gasteiger partial charge in [-0.3, -0.25) is 9.36 Å². The summed E-state index contributed by atoms with van der Waals surface area (Å²) < 4.78 is 2.23. The van der Waals surface area contributed by atoms with Crippen molar-refractivity contribution in [3.8, 4) is 0 Å². The number of nitrogen functional groups attached to an aromatic ring is 1. The maximum atomic E-state index is 11.8. The van der Waals surface area contributed by atoms with Crippen molar-refractivity contribution in [3.05, 3.63) is 67.4 Å². The fourth-order valence-electron chi connectivity index (χ4n) is 1.49. The van der Waals surface area contributed by atoms with E-state index in [2.05, 4.69) is 15.9 Å². The van der Waals surface area contributed by atoms with Gasteiger partial charge in [0.05, 0.1) is 12.7 Å². The standard InChI is InChI=1S/C11H10BrN3O2/c12-9-7-15(13)11(17)14(10(9)16)6-8-4-2-1-3-5-8/h1-5,7H,6,13H2. The summed E-state index contributed by atoms with van der Waals surface area (Å²) in [4.78, 5) is 23.5. The lowest BCUT2D eigenvalue weighted by molar-refractivity contribution is 0.651. The molecule has 17 heavy (non-hydrogen) atoms. The van der Waals surface area contributed by atoms with E-state index in [0.29, 0.717) is 0 Å². The number of benzene rings is 1. The Morgan fingerprint density at radius 2 is 1.82 bits per heavy atom. The van der Waals surface area contributed by atoms with Crippen molar-refractivity contribution < 1.29 is 0 Å². The van der Waals surface area contributed by atoms with Gasteiger partial charge in [0, 0.05) is 0 Å². The first-order valence-electron chi connectivity index (χ1n) is 4.90. The number of rotatable bonds is 2. The number of halogens is 1. The molecular weight excluding hydrogens is 286 g/mol. The van der Waals surface area contributed by atoms with E-state index in [9.17, 15) is 9.59 Å². The van der Waals surface area contributed by atoms with Gasteiger partial charge in [0.25, 0.3) is 5.56 Å². The lowest BCUT2D eigenvalue weighted by Gasteiger charge is -2.07. The molecular formula is C11H10BrN3O2. The molecule has 0 aliphatic carbocycles. The third-order valence-electron chi connectivity index (χ3n) is 2.34. The Kier molecular flexibility index (Phi) is 3.14. The van der Waals surface area contributed by atoms with E-state index in [1.165, 1.54) is 6.20 Å². The van der Waals surface area contributed by atoms with Gasteiger partial charge in [-0.2, -0.15) is 0 Å². The van der Waals surface area contributed by atoms with Crippen LogP contribution in [0.25, 0.3) is 0 Å². The van der Waals surface area contributed by atoms with Crippen molar-refractivity contribution in [1.29, 1.82) is 0 Å². The van der Waals surface area contributed by atoms with E-state index in [0.717, 1.165) is 14.8 Å². The number of hydrogen-bond acceptors (Lipinski definition) is 3. The summed E-state index contributed by atoms with van der Waals surface area (Å²) in [5.74, 6) is 5.46. The zero-order valence-corrected chi connectivity index (χ0v) is 10.4. The highest BCUT2D eigenvalue weighted by molar-refractivity contribution is 9.10. The molecule has 0 amide bonds. The average Bonchev–Trinajstić information content (AvgIpc) is 2.33. The molecule has 0 aliphatic heterocycles. The third kappa shape index (κ3) is 2.31. The monoisotopic (exact) mass is 295 g/mol. The maximum Gasteiger partial charge on any atom is 0.349 e. The molecule has 1 heterocycles. The Labute approximate surface area is 105 Å². The van der Waals surface area contributed by atoms with E-state index in [1.807, 2.05) is 30.3 Å². The Morgan fingerprint density at radius 3 is 2.47 bits per heavy atom. The summed E-state index contributed by atoms with van der Waals surface area (Å²) in [5.41, 5.74) is -0.0626. The molecule has 0 spiro atoms. The number of hydrogen-bond donors (Lipinski definition) is 1. The van der Waals surface area contributed by atoms with Crippen molar-refractivity contribution >= 4 is 15.9 Å². The van der Waals surface area contributed by atoms with Gasteiger partial charge in [-0.25, -0.2) is 9.47 Å². The zero-order valence-electron chi connectivity index (χ0n) is 8.84. The van der Waals surface area contributed by atoms with Crippen molar-refractivity contribution in [2.45, 2.75) is 6.54 Å². The van der Waals surface area contributed by atoms with Gasteiger partial charge < -0.3 is 5.84 Å². The molecule has 2 aromatic rings. The van der Waals surface area contributed by atoms with Crippen LogP contribution in [-0.2, 0) is 6.54 Å². The Hall–Kier alpha value is -1.82. The molecule has 0 saturated heterocycles. The largest absolute Gasteiger partial charge is 0.349 e. The zero-order chi connectivity index (χ0) is 12.4. The quantitative estimate of drug-likeness (QED) is 0.822. The highest BCUT2D eigenvalue weighted by Gasteiger charge is 2.08. The topological polar surface area (TPSA) is 70.0 Å². The average molecular weight is 296 g/mol. The smallest absolute Gasteiger partial charge is 0.335 e. The SMILES string of the molecule is Nn1cc(Br)c(=O)n(Cc2ccccc2)c1=O. The van der Waals surface area contributed by atoms with Crippen LogP contribution in [0, 0.1) is 0 Å². The number of nitrogens with zero attached hydrogens (tertiary/aromatic N) is 2. The van der Waals surface area contributed by atoms with Crippen LogP contribution in [0.4, 0.5) is 0 Å². The van der Waals surface area contributed by atoms with Crippen molar-refractivity contribution in [2.24, 2.45) is 0 Å². The van der Waals surface area contributed by atoms with Crippen LogP contribution < -0.4 is 17.1 Å². The second-order valence-corrected chi connectivity index (χ2v) is 4.40. The second-order valence-electron chi connectivity index (χ2n) is 3.54. The first-order valence-corrected chi connectivity index (χ1v) is 5.70. The summed E-state index contributed by atoms with van der Waals surface area (Å²) in [6, 6.07) is 9.24. The van der Waals surface area contributed by atoms with Crippen LogP contribution in [0.2, 0.25) is 0 Å². The van der Waals surface area contributed by atoms with Crippen LogP contribution in [0.15, 0.2) is 50.6 Å². The van der Waals surface area contributed by atoms with Gasteiger partial charge in [0.1, 0.15) is 4.47 Å². The van der Waals surface area contributed by atoms with Crippen LogP contribution in [0.1, 0.15) is 5.56 Å². The minimum absolute atomic E-state index is 0.204. The number of nitrogens with two attached hydrogens (primary N) is 1. The fourth-order valence-corrected chi connectivity index (χ4v) is 1.93.